The van der Waals surface area contributed by atoms with Gasteiger partial charge in [-0.3, -0.25) is 4.79 Å². The van der Waals surface area contributed by atoms with Crippen LogP contribution in [0.5, 0.6) is 5.75 Å². The van der Waals surface area contributed by atoms with Crippen LogP contribution in [0.3, 0.4) is 0 Å². The number of carbonyl (C=O) groups excluding carboxylic acids is 1. The van der Waals surface area contributed by atoms with E-state index in [2.05, 4.69) is 20.3 Å². The molecule has 0 unspecified atom stereocenters. The van der Waals surface area contributed by atoms with Crippen molar-refractivity contribution in [3.8, 4) is 16.9 Å². The van der Waals surface area contributed by atoms with Gasteiger partial charge in [-0.15, -0.1) is 0 Å². The Balaban J connectivity index is 1.54. The number of benzene rings is 1. The number of nitrogens with zero attached hydrogens (tertiary/aromatic N) is 4. The molecule has 1 aromatic carbocycles. The first-order valence-corrected chi connectivity index (χ1v) is 11.3. The first kappa shape index (κ1) is 22.2. The number of rotatable bonds is 5. The number of alkyl halides is 2. The van der Waals surface area contributed by atoms with Crippen molar-refractivity contribution in [2.45, 2.75) is 38.5 Å². The van der Waals surface area contributed by atoms with E-state index in [1.807, 2.05) is 32.0 Å². The van der Waals surface area contributed by atoms with Crippen LogP contribution in [0.1, 0.15) is 47.9 Å². The summed E-state index contributed by atoms with van der Waals surface area (Å²) in [5, 5.41) is 2.92. The van der Waals surface area contributed by atoms with Crippen molar-refractivity contribution in [1.29, 1.82) is 0 Å². The summed E-state index contributed by atoms with van der Waals surface area (Å²) < 4.78 is 33.7. The summed E-state index contributed by atoms with van der Waals surface area (Å²) in [5.74, 6) is -1.30. The fourth-order valence-electron chi connectivity index (χ4n) is 4.26. The molecular weight excluding hydrogens is 440 g/mol. The number of hydrogen-bond acceptors (Lipinski definition) is 6. The highest BCUT2D eigenvalue weighted by Crippen LogP contribution is 2.40. The number of carbonyl (C=O) groups is 1. The Hall–Kier alpha value is -3.62. The minimum absolute atomic E-state index is 0.134. The predicted octanol–water partition coefficient (Wildman–Crippen LogP) is 4.69. The number of aromatic nitrogens is 3. The van der Waals surface area contributed by atoms with Crippen molar-refractivity contribution in [2.75, 3.05) is 29.9 Å². The zero-order valence-electron chi connectivity index (χ0n) is 19.0. The second kappa shape index (κ2) is 8.62. The highest BCUT2D eigenvalue weighted by atomic mass is 19.3. The Morgan fingerprint density at radius 1 is 1.18 bits per heavy atom. The zero-order chi connectivity index (χ0) is 23.9. The van der Waals surface area contributed by atoms with E-state index in [1.165, 1.54) is 17.3 Å². The molecule has 1 saturated heterocycles. The third-order valence-corrected chi connectivity index (χ3v) is 6.09. The van der Waals surface area contributed by atoms with Crippen LogP contribution >= 0.6 is 0 Å². The van der Waals surface area contributed by atoms with Crippen LogP contribution in [0.4, 0.5) is 20.3 Å². The third-order valence-electron chi connectivity index (χ3n) is 6.09. The SMILES string of the molecule is CC(C)c1ncc(C(=O)Nc2c(-c3ccc4c(c3)CCO4)ccnc2N2CCC(F)(F)C2)cn1. The fourth-order valence-corrected chi connectivity index (χ4v) is 4.26. The molecule has 5 rings (SSSR count). The lowest BCUT2D eigenvalue weighted by molar-refractivity contribution is 0.0257. The maximum atomic E-state index is 14.0. The molecule has 0 atom stereocenters. The molecule has 0 bridgehead atoms. The highest BCUT2D eigenvalue weighted by Gasteiger charge is 2.40. The lowest BCUT2D eigenvalue weighted by atomic mass is 10.0. The standard InChI is InChI=1S/C25H25F2N5O2/c1-15(2)22-29-12-18(13-30-22)24(33)31-21-19(16-3-4-20-17(11-16)6-10-34-20)5-8-28-23(21)32-9-7-25(26,27)14-32/h3-5,8,11-13,15H,6-7,9-10,14H2,1-2H3,(H,31,33). The van der Waals surface area contributed by atoms with Crippen molar-refractivity contribution in [1.82, 2.24) is 15.0 Å². The van der Waals surface area contributed by atoms with E-state index in [4.69, 9.17) is 4.74 Å². The van der Waals surface area contributed by atoms with Gasteiger partial charge in [0.1, 0.15) is 11.6 Å². The lowest BCUT2D eigenvalue weighted by Crippen LogP contribution is -2.27. The van der Waals surface area contributed by atoms with Gasteiger partial charge in [0.15, 0.2) is 5.82 Å². The smallest absolute Gasteiger partial charge is 0.266 e. The monoisotopic (exact) mass is 465 g/mol. The van der Waals surface area contributed by atoms with Crippen molar-refractivity contribution in [3.05, 3.63) is 59.8 Å². The largest absolute Gasteiger partial charge is 0.493 e. The molecule has 1 N–H and O–H groups in total. The van der Waals surface area contributed by atoms with Crippen LogP contribution in [-0.4, -0.2) is 46.5 Å². The van der Waals surface area contributed by atoms with Gasteiger partial charge in [0, 0.05) is 49.5 Å². The number of anilines is 2. The van der Waals surface area contributed by atoms with Crippen LogP contribution in [-0.2, 0) is 6.42 Å². The average molecular weight is 466 g/mol. The summed E-state index contributed by atoms with van der Waals surface area (Å²) in [6.07, 6.45) is 5.07. The molecule has 4 heterocycles. The first-order chi connectivity index (χ1) is 16.3. The molecule has 0 radical (unpaired) electrons. The van der Waals surface area contributed by atoms with Crippen LogP contribution in [0.15, 0.2) is 42.9 Å². The zero-order valence-corrected chi connectivity index (χ0v) is 19.0. The topological polar surface area (TPSA) is 80.2 Å². The van der Waals surface area contributed by atoms with Crippen LogP contribution in [0.25, 0.3) is 11.1 Å². The van der Waals surface area contributed by atoms with Gasteiger partial charge < -0.3 is 15.0 Å². The summed E-state index contributed by atoms with van der Waals surface area (Å²) in [4.78, 5) is 27.6. The Morgan fingerprint density at radius 3 is 2.68 bits per heavy atom. The van der Waals surface area contributed by atoms with E-state index >= 15 is 0 Å². The summed E-state index contributed by atoms with van der Waals surface area (Å²) in [7, 11) is 0. The van der Waals surface area contributed by atoms with Crippen molar-refractivity contribution in [3.63, 3.8) is 0 Å². The second-order valence-corrected chi connectivity index (χ2v) is 8.94. The third kappa shape index (κ3) is 4.30. The highest BCUT2D eigenvalue weighted by molar-refractivity contribution is 6.08. The van der Waals surface area contributed by atoms with Gasteiger partial charge >= 0.3 is 0 Å². The summed E-state index contributed by atoms with van der Waals surface area (Å²) in [6.45, 7) is 4.26. The molecule has 0 spiro atoms. The number of fused-ring (bicyclic) bond motifs is 1. The second-order valence-electron chi connectivity index (χ2n) is 8.94. The molecule has 2 aliphatic rings. The van der Waals surface area contributed by atoms with Crippen LogP contribution in [0, 0.1) is 0 Å². The van der Waals surface area contributed by atoms with E-state index in [9.17, 15) is 13.6 Å². The Bertz CT molecular complexity index is 1230. The molecule has 3 aromatic rings. The van der Waals surface area contributed by atoms with Crippen LogP contribution < -0.4 is 15.0 Å². The van der Waals surface area contributed by atoms with Gasteiger partial charge in [-0.25, -0.2) is 23.7 Å². The maximum Gasteiger partial charge on any atom is 0.266 e. The van der Waals surface area contributed by atoms with Gasteiger partial charge in [-0.1, -0.05) is 19.9 Å². The Morgan fingerprint density at radius 2 is 1.97 bits per heavy atom. The van der Waals surface area contributed by atoms with Crippen molar-refractivity contribution < 1.29 is 18.3 Å². The number of nitrogens with one attached hydrogen (secondary N) is 1. The molecule has 2 aliphatic heterocycles. The average Bonchev–Trinajstić information content (AvgIpc) is 3.44. The normalized spacial score (nSPS) is 16.4. The van der Waals surface area contributed by atoms with E-state index in [0.717, 1.165) is 23.3 Å². The summed E-state index contributed by atoms with van der Waals surface area (Å²) in [5.41, 5.74) is 3.28. The minimum atomic E-state index is -2.80. The predicted molar refractivity (Wildman–Crippen MR) is 125 cm³/mol. The molecular formula is C25H25F2N5O2. The molecule has 9 heteroatoms. The van der Waals surface area contributed by atoms with E-state index in [-0.39, 0.29) is 24.4 Å². The van der Waals surface area contributed by atoms with Crippen molar-refractivity contribution in [2.24, 2.45) is 0 Å². The number of halogens is 2. The maximum absolute atomic E-state index is 14.0. The molecule has 7 nitrogen and oxygen atoms in total. The minimum Gasteiger partial charge on any atom is -0.493 e. The number of amides is 1. The van der Waals surface area contributed by atoms with E-state index in [1.54, 1.807) is 12.3 Å². The number of ether oxygens (including phenoxy) is 1. The lowest BCUT2D eigenvalue weighted by Gasteiger charge is -2.23. The van der Waals surface area contributed by atoms with Gasteiger partial charge in [0.25, 0.3) is 11.8 Å². The van der Waals surface area contributed by atoms with Crippen molar-refractivity contribution >= 4 is 17.4 Å². The van der Waals surface area contributed by atoms with Gasteiger partial charge in [-0.2, -0.15) is 0 Å². The number of pyridine rings is 1. The number of hydrogen-bond donors (Lipinski definition) is 1. The van der Waals surface area contributed by atoms with Gasteiger partial charge in [0.2, 0.25) is 0 Å². The molecule has 1 amide bonds. The van der Waals surface area contributed by atoms with E-state index < -0.39 is 18.4 Å². The van der Waals surface area contributed by atoms with E-state index in [0.29, 0.717) is 29.5 Å². The quantitative estimate of drug-likeness (QED) is 0.589. The fraction of sp³-hybridized carbons (Fsp3) is 0.360. The Labute approximate surface area is 196 Å². The molecule has 2 aromatic heterocycles. The molecule has 0 aliphatic carbocycles. The summed E-state index contributed by atoms with van der Waals surface area (Å²) in [6, 6.07) is 7.59. The summed E-state index contributed by atoms with van der Waals surface area (Å²) >= 11 is 0. The molecule has 176 valence electrons. The molecule has 34 heavy (non-hydrogen) atoms. The molecule has 1 fully saturated rings. The van der Waals surface area contributed by atoms with Gasteiger partial charge in [-0.05, 0) is 29.3 Å². The van der Waals surface area contributed by atoms with Gasteiger partial charge in [0.05, 0.1) is 24.4 Å². The first-order valence-electron chi connectivity index (χ1n) is 11.3. The molecule has 0 saturated carbocycles. The Kier molecular flexibility index (Phi) is 5.63. The van der Waals surface area contributed by atoms with Crippen LogP contribution in [0.2, 0.25) is 0 Å².